The summed E-state index contributed by atoms with van der Waals surface area (Å²) in [7, 11) is 0. The van der Waals surface area contributed by atoms with E-state index in [-0.39, 0.29) is 58.7 Å². The fourth-order valence-corrected chi connectivity index (χ4v) is 3.92. The van der Waals surface area contributed by atoms with E-state index in [1.54, 1.807) is 27.7 Å². The maximum absolute atomic E-state index is 13.0. The molecule has 2 N–H and O–H groups in total. The molecular formula is C26H28O7. The molecule has 0 aliphatic rings. The van der Waals surface area contributed by atoms with Gasteiger partial charge in [-0.05, 0) is 62.1 Å². The second kappa shape index (κ2) is 9.00. The maximum Gasteiger partial charge on any atom is 0.237 e. The van der Waals surface area contributed by atoms with Gasteiger partial charge in [-0.2, -0.15) is 0 Å². The van der Waals surface area contributed by atoms with Crippen LogP contribution in [0, 0.1) is 0 Å². The topological polar surface area (TPSA) is 122 Å². The van der Waals surface area contributed by atoms with Crippen LogP contribution >= 0.6 is 0 Å². The van der Waals surface area contributed by atoms with Gasteiger partial charge < -0.3 is 14.6 Å². The number of carbonyl (C=O) groups is 2. The van der Waals surface area contributed by atoms with Gasteiger partial charge in [0.25, 0.3) is 0 Å². The number of rotatable bonds is 8. The summed E-state index contributed by atoms with van der Waals surface area (Å²) >= 11 is 0. The molecule has 1 aromatic heterocycles. The highest BCUT2D eigenvalue weighted by Crippen LogP contribution is 2.25. The normalized spacial score (nSPS) is 12.3. The van der Waals surface area contributed by atoms with E-state index in [9.17, 15) is 29.4 Å². The Hall–Kier alpha value is -3.16. The number of benzene rings is 2. The highest BCUT2D eigenvalue weighted by molar-refractivity contribution is 6.05. The van der Waals surface area contributed by atoms with E-state index in [2.05, 4.69) is 0 Å². The SMILES string of the molecule is CCC(O)(CC)C(=O)c1ccc2oc3ccc(C(=O)C(O)(CC)CC)cc3c(=O)c(=O)c2c1. The number of fused-ring (bicyclic) bond motifs is 2. The van der Waals surface area contributed by atoms with Gasteiger partial charge in [-0.1, -0.05) is 27.7 Å². The summed E-state index contributed by atoms with van der Waals surface area (Å²) in [6.07, 6.45) is 0.805. The van der Waals surface area contributed by atoms with Crippen LogP contribution in [0.3, 0.4) is 0 Å². The Bertz CT molecular complexity index is 1260. The molecule has 3 aromatic rings. The molecule has 0 atom stereocenters. The van der Waals surface area contributed by atoms with E-state index in [1.807, 2.05) is 0 Å². The Morgan fingerprint density at radius 2 is 1.03 bits per heavy atom. The van der Waals surface area contributed by atoms with Crippen molar-refractivity contribution in [2.24, 2.45) is 0 Å². The third kappa shape index (κ3) is 4.14. The van der Waals surface area contributed by atoms with Gasteiger partial charge in [0.1, 0.15) is 22.4 Å². The lowest BCUT2D eigenvalue weighted by Crippen LogP contribution is -2.37. The van der Waals surface area contributed by atoms with Crippen LogP contribution in [0.25, 0.3) is 21.9 Å². The molecule has 0 aliphatic heterocycles. The minimum atomic E-state index is -1.57. The zero-order valence-electron chi connectivity index (χ0n) is 19.2. The van der Waals surface area contributed by atoms with Crippen molar-refractivity contribution in [2.75, 3.05) is 0 Å². The zero-order chi connectivity index (χ0) is 24.6. The van der Waals surface area contributed by atoms with Gasteiger partial charge in [-0.25, -0.2) is 0 Å². The highest BCUT2D eigenvalue weighted by atomic mass is 16.3. The van der Waals surface area contributed by atoms with Crippen LogP contribution in [0.1, 0.15) is 74.1 Å². The Kier molecular flexibility index (Phi) is 6.68. The lowest BCUT2D eigenvalue weighted by atomic mass is 9.87. The number of carbonyl (C=O) groups excluding carboxylic acids is 2. The standard InChI is InChI=1S/C26H28O7/c1-5-25(31,6-2)23(29)15-9-11-19-17(13-15)21(27)22(28)18-14-16(10-12-20(18)33-19)24(30)26(32,7-3)8-4/h9-14,31-32H,5-8H2,1-4H3. The molecule has 0 saturated heterocycles. The first kappa shape index (κ1) is 24.5. The van der Waals surface area contributed by atoms with E-state index in [0.29, 0.717) is 0 Å². The van der Waals surface area contributed by atoms with E-state index in [4.69, 9.17) is 4.42 Å². The number of ketones is 2. The van der Waals surface area contributed by atoms with Crippen molar-refractivity contribution >= 4 is 33.5 Å². The van der Waals surface area contributed by atoms with Crippen LogP contribution in [0.4, 0.5) is 0 Å². The van der Waals surface area contributed by atoms with Crippen LogP contribution in [-0.2, 0) is 0 Å². The smallest absolute Gasteiger partial charge is 0.237 e. The van der Waals surface area contributed by atoms with Crippen molar-refractivity contribution in [1.82, 2.24) is 0 Å². The number of Topliss-reactive ketones (excluding diaryl/α,β-unsaturated/α-hetero) is 2. The molecule has 33 heavy (non-hydrogen) atoms. The highest BCUT2D eigenvalue weighted by Gasteiger charge is 2.34. The lowest BCUT2D eigenvalue weighted by Gasteiger charge is -2.23. The van der Waals surface area contributed by atoms with Crippen molar-refractivity contribution in [3.8, 4) is 0 Å². The molecule has 0 fully saturated rings. The Labute approximate surface area is 190 Å². The first-order chi connectivity index (χ1) is 15.5. The van der Waals surface area contributed by atoms with Gasteiger partial charge in [0, 0.05) is 11.1 Å². The fourth-order valence-electron chi connectivity index (χ4n) is 3.92. The summed E-state index contributed by atoms with van der Waals surface area (Å²) in [5.74, 6) is -1.08. The molecule has 0 amide bonds. The first-order valence-electron chi connectivity index (χ1n) is 11.1. The Balaban J connectivity index is 2.27. The summed E-state index contributed by atoms with van der Waals surface area (Å²) < 4.78 is 5.80. The van der Waals surface area contributed by atoms with Gasteiger partial charge in [0.15, 0.2) is 11.6 Å². The van der Waals surface area contributed by atoms with Crippen LogP contribution < -0.4 is 10.9 Å². The van der Waals surface area contributed by atoms with Crippen molar-refractivity contribution in [3.05, 3.63) is 68.0 Å². The molecule has 7 nitrogen and oxygen atoms in total. The molecule has 174 valence electrons. The summed E-state index contributed by atoms with van der Waals surface area (Å²) in [5, 5.41) is 21.0. The summed E-state index contributed by atoms with van der Waals surface area (Å²) in [6.45, 7) is 6.76. The summed E-state index contributed by atoms with van der Waals surface area (Å²) in [6, 6.07) is 8.25. The molecule has 0 saturated carbocycles. The largest absolute Gasteiger partial charge is 0.456 e. The van der Waals surface area contributed by atoms with E-state index in [0.717, 1.165) is 0 Å². The number of hydrogen-bond donors (Lipinski definition) is 2. The molecular weight excluding hydrogens is 424 g/mol. The van der Waals surface area contributed by atoms with E-state index >= 15 is 0 Å². The average molecular weight is 453 g/mol. The van der Waals surface area contributed by atoms with Crippen LogP contribution in [0.2, 0.25) is 0 Å². The van der Waals surface area contributed by atoms with Crippen LogP contribution in [-0.4, -0.2) is 33.0 Å². The summed E-state index contributed by atoms with van der Waals surface area (Å²) in [4.78, 5) is 51.7. The monoisotopic (exact) mass is 452 g/mol. The predicted octanol–water partition coefficient (Wildman–Crippen LogP) is 3.77. The number of aliphatic hydroxyl groups is 2. The van der Waals surface area contributed by atoms with Crippen LogP contribution in [0.5, 0.6) is 0 Å². The zero-order valence-corrected chi connectivity index (χ0v) is 19.2. The predicted molar refractivity (Wildman–Crippen MR) is 126 cm³/mol. The van der Waals surface area contributed by atoms with Gasteiger partial charge in [0.05, 0.1) is 10.8 Å². The van der Waals surface area contributed by atoms with E-state index in [1.165, 1.54) is 36.4 Å². The van der Waals surface area contributed by atoms with Crippen LogP contribution in [0.15, 0.2) is 50.4 Å². The fraction of sp³-hybridized carbons (Fsp3) is 0.385. The van der Waals surface area contributed by atoms with Crippen molar-refractivity contribution in [1.29, 1.82) is 0 Å². The van der Waals surface area contributed by atoms with E-state index < -0.39 is 33.6 Å². The number of hydrogen-bond acceptors (Lipinski definition) is 7. The second-order valence-corrected chi connectivity index (χ2v) is 8.32. The molecule has 0 unspecified atom stereocenters. The maximum atomic E-state index is 13.0. The molecule has 1 heterocycles. The molecule has 7 heteroatoms. The molecule has 3 rings (SSSR count). The Morgan fingerprint density at radius 1 is 0.697 bits per heavy atom. The molecule has 2 aromatic carbocycles. The van der Waals surface area contributed by atoms with Crippen molar-refractivity contribution < 1.29 is 24.2 Å². The quantitative estimate of drug-likeness (QED) is 0.394. The van der Waals surface area contributed by atoms with Gasteiger partial charge in [-0.3, -0.25) is 19.2 Å². The molecule has 0 radical (unpaired) electrons. The van der Waals surface area contributed by atoms with Gasteiger partial charge >= 0.3 is 0 Å². The van der Waals surface area contributed by atoms with Crippen molar-refractivity contribution in [2.45, 2.75) is 64.6 Å². The Morgan fingerprint density at radius 3 is 1.33 bits per heavy atom. The minimum absolute atomic E-state index is 0.0943. The second-order valence-electron chi connectivity index (χ2n) is 8.32. The third-order valence-corrected chi connectivity index (χ3v) is 6.58. The summed E-state index contributed by atoms with van der Waals surface area (Å²) in [5.41, 5.74) is -4.52. The minimum Gasteiger partial charge on any atom is -0.456 e. The average Bonchev–Trinajstić information content (AvgIpc) is 2.95. The van der Waals surface area contributed by atoms with Gasteiger partial charge in [-0.15, -0.1) is 0 Å². The molecule has 0 aliphatic carbocycles. The first-order valence-corrected chi connectivity index (χ1v) is 11.1. The lowest BCUT2D eigenvalue weighted by molar-refractivity contribution is 0.0277. The molecule has 0 spiro atoms. The van der Waals surface area contributed by atoms with Gasteiger partial charge in [0.2, 0.25) is 10.9 Å². The third-order valence-electron chi connectivity index (χ3n) is 6.58. The molecule has 0 bridgehead atoms. The van der Waals surface area contributed by atoms with Crippen molar-refractivity contribution in [3.63, 3.8) is 0 Å².